The maximum atomic E-state index is 13.9. The molecule has 2 heterocycles. The van der Waals surface area contributed by atoms with Crippen LogP contribution in [0.5, 0.6) is 5.75 Å². The van der Waals surface area contributed by atoms with Crippen molar-refractivity contribution >= 4 is 45.0 Å². The van der Waals surface area contributed by atoms with Gasteiger partial charge < -0.3 is 19.7 Å². The number of ether oxygens (including phenoxy) is 2. The van der Waals surface area contributed by atoms with Crippen LogP contribution >= 0.6 is 11.3 Å². The molecule has 0 radical (unpaired) electrons. The topological polar surface area (TPSA) is 97.8 Å². The first-order valence-electron chi connectivity index (χ1n) is 12.6. The predicted molar refractivity (Wildman–Crippen MR) is 154 cm³/mol. The molecule has 9 heteroatoms. The van der Waals surface area contributed by atoms with Gasteiger partial charge in [0.15, 0.2) is 0 Å². The number of hydrogen-bond acceptors (Lipinski definition) is 7. The molecule has 0 unspecified atom stereocenters. The lowest BCUT2D eigenvalue weighted by Crippen LogP contribution is -2.30. The summed E-state index contributed by atoms with van der Waals surface area (Å²) in [5, 5.41) is 3.87. The van der Waals surface area contributed by atoms with E-state index in [9.17, 15) is 14.4 Å². The number of methoxy groups -OCH3 is 2. The van der Waals surface area contributed by atoms with E-state index in [0.717, 1.165) is 16.9 Å². The number of pyridine rings is 1. The quantitative estimate of drug-likeness (QED) is 0.268. The number of hydrogen-bond donors (Lipinski definition) is 1. The molecule has 202 valence electrons. The molecule has 0 aliphatic rings. The summed E-state index contributed by atoms with van der Waals surface area (Å²) in [5.41, 5.74) is 3.93. The zero-order valence-corrected chi connectivity index (χ0v) is 23.7. The summed E-state index contributed by atoms with van der Waals surface area (Å²) < 4.78 is 10.3. The highest BCUT2D eigenvalue weighted by atomic mass is 32.1. The van der Waals surface area contributed by atoms with Crippen LogP contribution in [0.4, 0.5) is 5.00 Å². The number of aromatic nitrogens is 1. The molecule has 39 heavy (non-hydrogen) atoms. The normalized spacial score (nSPS) is 10.8. The van der Waals surface area contributed by atoms with Gasteiger partial charge in [0, 0.05) is 24.0 Å². The van der Waals surface area contributed by atoms with E-state index in [4.69, 9.17) is 14.5 Å². The first kappa shape index (κ1) is 27.8. The zero-order chi connectivity index (χ0) is 28.3. The minimum Gasteiger partial charge on any atom is -0.497 e. The summed E-state index contributed by atoms with van der Waals surface area (Å²) in [5.74, 6) is -0.504. The van der Waals surface area contributed by atoms with Crippen LogP contribution in [0, 0.1) is 13.8 Å². The number of amides is 2. The molecule has 0 atom stereocenters. The van der Waals surface area contributed by atoms with Crippen molar-refractivity contribution in [3.05, 3.63) is 75.7 Å². The van der Waals surface area contributed by atoms with E-state index in [0.29, 0.717) is 57.0 Å². The van der Waals surface area contributed by atoms with Gasteiger partial charge in [0.05, 0.1) is 41.4 Å². The van der Waals surface area contributed by atoms with Crippen molar-refractivity contribution < 1.29 is 23.9 Å². The number of nitrogens with zero attached hydrogens (tertiary/aromatic N) is 2. The van der Waals surface area contributed by atoms with Crippen LogP contribution in [0.15, 0.2) is 48.5 Å². The minimum atomic E-state index is -0.618. The molecule has 2 amide bonds. The van der Waals surface area contributed by atoms with E-state index in [-0.39, 0.29) is 16.5 Å². The third kappa shape index (κ3) is 5.22. The minimum absolute atomic E-state index is 0.178. The first-order chi connectivity index (χ1) is 18.7. The van der Waals surface area contributed by atoms with Gasteiger partial charge in [0.25, 0.3) is 11.8 Å². The summed E-state index contributed by atoms with van der Waals surface area (Å²) in [4.78, 5) is 46.8. The van der Waals surface area contributed by atoms with Gasteiger partial charge in [-0.1, -0.05) is 18.2 Å². The van der Waals surface area contributed by atoms with Crippen molar-refractivity contribution in [2.75, 3.05) is 32.6 Å². The number of para-hydroxylation sites is 1. The van der Waals surface area contributed by atoms with Crippen LogP contribution in [-0.4, -0.2) is 55.0 Å². The predicted octanol–water partition coefficient (Wildman–Crippen LogP) is 6.11. The average Bonchev–Trinajstić information content (AvgIpc) is 3.27. The molecule has 1 N–H and O–H groups in total. The second kappa shape index (κ2) is 11.7. The van der Waals surface area contributed by atoms with E-state index in [2.05, 4.69) is 5.32 Å². The van der Waals surface area contributed by atoms with Crippen molar-refractivity contribution in [2.45, 2.75) is 27.7 Å². The molecular weight excluding hydrogens is 514 g/mol. The molecule has 0 aliphatic heterocycles. The smallest absolute Gasteiger partial charge is 0.341 e. The van der Waals surface area contributed by atoms with Gasteiger partial charge >= 0.3 is 5.97 Å². The van der Waals surface area contributed by atoms with Crippen molar-refractivity contribution in [2.24, 2.45) is 0 Å². The lowest BCUT2D eigenvalue weighted by molar-refractivity contribution is 0.0601. The van der Waals surface area contributed by atoms with E-state index in [1.54, 1.807) is 18.9 Å². The van der Waals surface area contributed by atoms with Gasteiger partial charge in [-0.15, -0.1) is 11.3 Å². The largest absolute Gasteiger partial charge is 0.497 e. The van der Waals surface area contributed by atoms with Gasteiger partial charge in [-0.25, -0.2) is 9.78 Å². The Bertz CT molecular complexity index is 1560. The fourth-order valence-electron chi connectivity index (χ4n) is 4.60. The van der Waals surface area contributed by atoms with Crippen molar-refractivity contribution in [3.8, 4) is 17.0 Å². The van der Waals surface area contributed by atoms with Crippen LogP contribution in [0.2, 0.25) is 0 Å². The van der Waals surface area contributed by atoms with Gasteiger partial charge in [0.2, 0.25) is 0 Å². The molecule has 0 saturated heterocycles. The fraction of sp³-hybridized carbons (Fsp3) is 0.267. The number of rotatable bonds is 8. The molecule has 0 spiro atoms. The van der Waals surface area contributed by atoms with Crippen molar-refractivity contribution in [3.63, 3.8) is 0 Å². The molecule has 4 rings (SSSR count). The maximum absolute atomic E-state index is 13.9. The van der Waals surface area contributed by atoms with Gasteiger partial charge in [-0.3, -0.25) is 9.59 Å². The Balaban J connectivity index is 1.84. The third-order valence-electron chi connectivity index (χ3n) is 6.73. The number of nitrogens with one attached hydrogen (secondary N) is 1. The lowest BCUT2D eigenvalue weighted by atomic mass is 9.97. The van der Waals surface area contributed by atoms with E-state index >= 15 is 0 Å². The molecule has 0 bridgehead atoms. The summed E-state index contributed by atoms with van der Waals surface area (Å²) in [6.07, 6.45) is 0. The number of esters is 1. The summed E-state index contributed by atoms with van der Waals surface area (Å²) >= 11 is 1.08. The monoisotopic (exact) mass is 545 g/mol. The number of carbonyl (C=O) groups excluding carboxylic acids is 3. The Morgan fingerprint density at radius 1 is 0.923 bits per heavy atom. The number of fused-ring (bicyclic) bond motifs is 1. The van der Waals surface area contributed by atoms with Crippen LogP contribution in [-0.2, 0) is 4.74 Å². The third-order valence-corrected chi connectivity index (χ3v) is 7.93. The highest BCUT2D eigenvalue weighted by molar-refractivity contribution is 7.18. The van der Waals surface area contributed by atoms with E-state index in [1.165, 1.54) is 7.11 Å². The Kier molecular flexibility index (Phi) is 8.30. The fourth-order valence-corrected chi connectivity index (χ4v) is 5.76. The number of benzene rings is 2. The molecule has 2 aromatic carbocycles. The molecule has 2 aromatic heterocycles. The maximum Gasteiger partial charge on any atom is 0.341 e. The molecular formula is C30H31N3O5S. The van der Waals surface area contributed by atoms with Gasteiger partial charge in [-0.2, -0.15) is 0 Å². The zero-order valence-electron chi connectivity index (χ0n) is 22.9. The molecule has 0 saturated carbocycles. The van der Waals surface area contributed by atoms with Crippen LogP contribution < -0.4 is 10.1 Å². The second-order valence-electron chi connectivity index (χ2n) is 8.89. The molecule has 4 aromatic rings. The average molecular weight is 546 g/mol. The van der Waals surface area contributed by atoms with Crippen molar-refractivity contribution in [1.82, 2.24) is 9.88 Å². The van der Waals surface area contributed by atoms with Crippen LogP contribution in [0.25, 0.3) is 22.2 Å². The highest BCUT2D eigenvalue weighted by Crippen LogP contribution is 2.36. The van der Waals surface area contributed by atoms with E-state index in [1.807, 2.05) is 69.3 Å². The van der Waals surface area contributed by atoms with Gasteiger partial charge in [-0.05, 0) is 69.2 Å². The lowest BCUT2D eigenvalue weighted by Gasteiger charge is -2.18. The standard InChI is InChI=1S/C30H31N3O5S/c1-7-33(8-2)29(35)26-18(4)24(30(36)38-6)28(39-26)32-27(34)23-17(3)25(19-13-15-20(37-5)16-14-19)31-22-12-10-9-11-21(22)23/h9-16H,7-8H2,1-6H3,(H,32,34). The SMILES string of the molecule is CCN(CC)C(=O)c1sc(NC(=O)c2c(C)c(-c3ccc(OC)cc3)nc3ccccc23)c(C(=O)OC)c1C. The van der Waals surface area contributed by atoms with E-state index < -0.39 is 11.9 Å². The number of anilines is 1. The Hall–Kier alpha value is -4.24. The van der Waals surface area contributed by atoms with Crippen molar-refractivity contribution in [1.29, 1.82) is 0 Å². The number of thiophene rings is 1. The molecule has 0 aliphatic carbocycles. The summed E-state index contributed by atoms with van der Waals surface area (Å²) in [7, 11) is 2.88. The Morgan fingerprint density at radius 3 is 2.21 bits per heavy atom. The Labute approximate surface area is 231 Å². The first-order valence-corrected chi connectivity index (χ1v) is 13.4. The summed E-state index contributed by atoms with van der Waals surface area (Å²) in [6, 6.07) is 14.9. The van der Waals surface area contributed by atoms with Crippen LogP contribution in [0.1, 0.15) is 55.4 Å². The molecule has 8 nitrogen and oxygen atoms in total. The molecule has 0 fully saturated rings. The highest BCUT2D eigenvalue weighted by Gasteiger charge is 2.29. The van der Waals surface area contributed by atoms with Crippen LogP contribution in [0.3, 0.4) is 0 Å². The number of carbonyl (C=O) groups is 3. The second-order valence-corrected chi connectivity index (χ2v) is 9.91. The summed E-state index contributed by atoms with van der Waals surface area (Å²) in [6.45, 7) is 8.39. The Morgan fingerprint density at radius 2 is 1.59 bits per heavy atom. The van der Waals surface area contributed by atoms with Gasteiger partial charge in [0.1, 0.15) is 10.8 Å².